The van der Waals surface area contributed by atoms with Crippen molar-refractivity contribution in [2.24, 2.45) is 0 Å². The minimum atomic E-state index is 0.160. The molecule has 1 amide bonds. The summed E-state index contributed by atoms with van der Waals surface area (Å²) in [7, 11) is 3.65. The average Bonchev–Trinajstić information content (AvgIpc) is 2.68. The summed E-state index contributed by atoms with van der Waals surface area (Å²) < 4.78 is 5.45. The molecule has 2 aromatic carbocycles. The van der Waals surface area contributed by atoms with E-state index in [0.717, 1.165) is 35.1 Å². The van der Waals surface area contributed by atoms with Crippen LogP contribution in [0.2, 0.25) is 5.02 Å². The molecule has 150 valence electrons. The average molecular weight is 402 g/mol. The van der Waals surface area contributed by atoms with Crippen LogP contribution < -0.4 is 9.64 Å². The summed E-state index contributed by atoms with van der Waals surface area (Å²) in [6.45, 7) is 6.15. The number of hydrogen-bond donors (Lipinski definition) is 0. The van der Waals surface area contributed by atoms with Gasteiger partial charge in [0.1, 0.15) is 5.75 Å². The topological polar surface area (TPSA) is 36.0 Å². The van der Waals surface area contributed by atoms with Gasteiger partial charge < -0.3 is 14.5 Å². The normalized spacial score (nSPS) is 14.5. The number of nitrogens with zero attached hydrogens (tertiary/aromatic N) is 3. The third-order valence-electron chi connectivity index (χ3n) is 5.11. The molecule has 6 heteroatoms. The smallest absolute Gasteiger partial charge is 0.236 e. The lowest BCUT2D eigenvalue weighted by Crippen LogP contribution is -2.51. The summed E-state index contributed by atoms with van der Waals surface area (Å²) in [4.78, 5) is 19.0. The second-order valence-electron chi connectivity index (χ2n) is 7.31. The van der Waals surface area contributed by atoms with Gasteiger partial charge in [-0.15, -0.1) is 0 Å². The highest BCUT2D eigenvalue weighted by atomic mass is 35.5. The predicted octanol–water partition coefficient (Wildman–Crippen LogP) is 3.44. The Morgan fingerprint density at radius 3 is 2.54 bits per heavy atom. The minimum absolute atomic E-state index is 0.160. The molecule has 1 heterocycles. The van der Waals surface area contributed by atoms with Crippen LogP contribution in [0.1, 0.15) is 11.1 Å². The maximum atomic E-state index is 12.7. The molecule has 0 spiro atoms. The summed E-state index contributed by atoms with van der Waals surface area (Å²) >= 11 is 6.30. The van der Waals surface area contributed by atoms with Crippen molar-refractivity contribution in [1.29, 1.82) is 0 Å². The Labute approximate surface area is 172 Å². The molecule has 0 aromatic heterocycles. The van der Waals surface area contributed by atoms with Crippen LogP contribution in [0.3, 0.4) is 0 Å². The molecule has 0 N–H and O–H groups in total. The molecule has 1 aliphatic heterocycles. The van der Waals surface area contributed by atoms with Crippen LogP contribution in [0.25, 0.3) is 0 Å². The highest BCUT2D eigenvalue weighted by Gasteiger charge is 2.23. The first-order valence-corrected chi connectivity index (χ1v) is 9.95. The first-order valence-electron chi connectivity index (χ1n) is 9.57. The van der Waals surface area contributed by atoms with E-state index < -0.39 is 0 Å². The van der Waals surface area contributed by atoms with E-state index in [9.17, 15) is 4.79 Å². The minimum Gasteiger partial charge on any atom is -0.496 e. The van der Waals surface area contributed by atoms with E-state index in [2.05, 4.69) is 17.9 Å². The van der Waals surface area contributed by atoms with Crippen molar-refractivity contribution < 1.29 is 9.53 Å². The summed E-state index contributed by atoms with van der Waals surface area (Å²) in [5.41, 5.74) is 3.33. The lowest BCUT2D eigenvalue weighted by molar-refractivity contribution is -0.132. The van der Waals surface area contributed by atoms with Crippen molar-refractivity contribution in [3.8, 4) is 5.75 Å². The van der Waals surface area contributed by atoms with Crippen LogP contribution in [-0.2, 0) is 11.3 Å². The third kappa shape index (κ3) is 4.97. The Balaban J connectivity index is 1.53. The molecular formula is C22H28ClN3O2. The monoisotopic (exact) mass is 401 g/mol. The number of anilines is 1. The number of halogens is 1. The van der Waals surface area contributed by atoms with E-state index in [4.69, 9.17) is 16.3 Å². The van der Waals surface area contributed by atoms with E-state index in [1.54, 1.807) is 7.11 Å². The number of aryl methyl sites for hydroxylation is 1. The summed E-state index contributed by atoms with van der Waals surface area (Å²) in [6.07, 6.45) is 0. The van der Waals surface area contributed by atoms with Gasteiger partial charge in [0.15, 0.2) is 0 Å². The quantitative estimate of drug-likeness (QED) is 0.742. The second kappa shape index (κ2) is 9.30. The van der Waals surface area contributed by atoms with Crippen molar-refractivity contribution in [2.45, 2.75) is 13.5 Å². The maximum Gasteiger partial charge on any atom is 0.236 e. The molecule has 0 bridgehead atoms. The van der Waals surface area contributed by atoms with Crippen molar-refractivity contribution in [1.82, 2.24) is 9.80 Å². The molecule has 0 saturated carbocycles. The predicted molar refractivity (Wildman–Crippen MR) is 114 cm³/mol. The molecule has 2 aromatic rings. The maximum absolute atomic E-state index is 12.7. The second-order valence-corrected chi connectivity index (χ2v) is 7.71. The fourth-order valence-corrected chi connectivity index (χ4v) is 3.87. The molecule has 1 aliphatic rings. The van der Waals surface area contributed by atoms with E-state index in [0.29, 0.717) is 26.2 Å². The van der Waals surface area contributed by atoms with Gasteiger partial charge in [-0.05, 0) is 32.2 Å². The molecule has 5 nitrogen and oxygen atoms in total. The Hall–Kier alpha value is -2.24. The van der Waals surface area contributed by atoms with Crippen LogP contribution in [0.4, 0.5) is 5.69 Å². The van der Waals surface area contributed by atoms with Crippen LogP contribution >= 0.6 is 11.6 Å². The molecule has 0 radical (unpaired) electrons. The summed E-state index contributed by atoms with van der Waals surface area (Å²) in [5.74, 6) is 1.02. The van der Waals surface area contributed by atoms with Gasteiger partial charge >= 0.3 is 0 Å². The molecule has 1 saturated heterocycles. The van der Waals surface area contributed by atoms with Crippen LogP contribution in [-0.4, -0.2) is 62.6 Å². The number of rotatable bonds is 6. The number of carbonyl (C=O) groups excluding carboxylic acids is 1. The Kier molecular flexibility index (Phi) is 6.81. The highest BCUT2D eigenvalue weighted by Crippen LogP contribution is 2.26. The highest BCUT2D eigenvalue weighted by molar-refractivity contribution is 6.33. The van der Waals surface area contributed by atoms with Gasteiger partial charge in [-0.25, -0.2) is 0 Å². The molecular weight excluding hydrogens is 374 g/mol. The van der Waals surface area contributed by atoms with E-state index >= 15 is 0 Å². The van der Waals surface area contributed by atoms with Crippen LogP contribution in [0, 0.1) is 6.92 Å². The molecule has 1 fully saturated rings. The molecule has 0 aliphatic carbocycles. The largest absolute Gasteiger partial charge is 0.496 e. The first-order chi connectivity index (χ1) is 13.5. The number of likely N-dealkylation sites (N-methyl/N-ethyl adjacent to an activating group) is 1. The zero-order valence-corrected chi connectivity index (χ0v) is 17.6. The number of amides is 1. The summed E-state index contributed by atoms with van der Waals surface area (Å²) in [6, 6.07) is 14.0. The first kappa shape index (κ1) is 20.5. The number of benzene rings is 2. The Morgan fingerprint density at radius 2 is 1.86 bits per heavy atom. The zero-order valence-electron chi connectivity index (χ0n) is 16.8. The lowest BCUT2D eigenvalue weighted by atomic mass is 10.1. The van der Waals surface area contributed by atoms with Crippen molar-refractivity contribution in [2.75, 3.05) is 51.8 Å². The number of hydrogen-bond acceptors (Lipinski definition) is 4. The number of para-hydroxylation sites is 1. The summed E-state index contributed by atoms with van der Waals surface area (Å²) in [5, 5.41) is 0.758. The zero-order chi connectivity index (χ0) is 20.1. The van der Waals surface area contributed by atoms with E-state index in [-0.39, 0.29) is 5.91 Å². The third-order valence-corrected chi connectivity index (χ3v) is 5.43. The number of piperazine rings is 1. The standard InChI is InChI=1S/C22H28ClN3O2/c1-17-8-9-21(28-3)18(14-17)15-24(2)16-22(27)26-12-10-25(11-13-26)20-7-5-4-6-19(20)23/h4-9,14H,10-13,15-16H2,1-3H3. The molecule has 0 atom stereocenters. The van der Waals surface area contributed by atoms with Gasteiger partial charge in [0.25, 0.3) is 0 Å². The number of methoxy groups -OCH3 is 1. The van der Waals surface area contributed by atoms with Gasteiger partial charge in [-0.2, -0.15) is 0 Å². The molecule has 3 rings (SSSR count). The van der Waals surface area contributed by atoms with Crippen LogP contribution in [0.5, 0.6) is 5.75 Å². The Morgan fingerprint density at radius 1 is 1.14 bits per heavy atom. The Bertz CT molecular complexity index is 819. The number of carbonyl (C=O) groups is 1. The number of ether oxygens (including phenoxy) is 1. The SMILES string of the molecule is COc1ccc(C)cc1CN(C)CC(=O)N1CCN(c2ccccc2Cl)CC1. The van der Waals surface area contributed by atoms with Gasteiger partial charge in [0, 0.05) is 38.3 Å². The van der Waals surface area contributed by atoms with Gasteiger partial charge in [0.05, 0.1) is 24.4 Å². The fraction of sp³-hybridized carbons (Fsp3) is 0.409. The van der Waals surface area contributed by atoms with Crippen LogP contribution in [0.15, 0.2) is 42.5 Å². The van der Waals surface area contributed by atoms with Crippen molar-refractivity contribution >= 4 is 23.2 Å². The van der Waals surface area contributed by atoms with E-state index in [1.807, 2.05) is 53.2 Å². The molecule has 28 heavy (non-hydrogen) atoms. The van der Waals surface area contributed by atoms with Crippen molar-refractivity contribution in [3.05, 3.63) is 58.6 Å². The molecule has 0 unspecified atom stereocenters. The van der Waals surface area contributed by atoms with Gasteiger partial charge in [-0.1, -0.05) is 41.4 Å². The van der Waals surface area contributed by atoms with Gasteiger partial charge in [-0.3, -0.25) is 9.69 Å². The van der Waals surface area contributed by atoms with E-state index in [1.165, 1.54) is 5.56 Å². The van der Waals surface area contributed by atoms with Crippen molar-refractivity contribution in [3.63, 3.8) is 0 Å². The van der Waals surface area contributed by atoms with Gasteiger partial charge in [0.2, 0.25) is 5.91 Å². The lowest BCUT2D eigenvalue weighted by Gasteiger charge is -2.37. The fourth-order valence-electron chi connectivity index (χ4n) is 3.61.